The van der Waals surface area contributed by atoms with Crippen molar-refractivity contribution in [1.82, 2.24) is 5.32 Å². The summed E-state index contributed by atoms with van der Waals surface area (Å²) in [6.07, 6.45) is 0.358. The van der Waals surface area contributed by atoms with E-state index in [1.807, 2.05) is 0 Å². The Kier molecular flexibility index (Phi) is 6.11. The van der Waals surface area contributed by atoms with Crippen LogP contribution in [0.15, 0.2) is 0 Å². The fourth-order valence-corrected chi connectivity index (χ4v) is 0.456. The third-order valence-corrected chi connectivity index (χ3v) is 0.988. The van der Waals surface area contributed by atoms with E-state index in [-0.39, 0.29) is 12.5 Å². The fraction of sp³-hybridized carbons (Fsp3) is 0.833. The lowest BCUT2D eigenvalue weighted by atomic mass is 10.4. The van der Waals surface area contributed by atoms with Crippen molar-refractivity contribution in [3.8, 4) is 0 Å². The van der Waals surface area contributed by atoms with Crippen LogP contribution in [0.1, 0.15) is 6.42 Å². The normalized spacial score (nSPS) is 9.40. The third-order valence-electron chi connectivity index (χ3n) is 0.988. The Labute approximate surface area is 60.2 Å². The minimum atomic E-state index is -0.0436. The van der Waals surface area contributed by atoms with Crippen molar-refractivity contribution in [3.63, 3.8) is 0 Å². The van der Waals surface area contributed by atoms with Crippen molar-refractivity contribution in [2.24, 2.45) is 0 Å². The van der Waals surface area contributed by atoms with Crippen LogP contribution in [0.4, 0.5) is 0 Å². The second kappa shape index (κ2) is 6.51. The zero-order chi connectivity index (χ0) is 7.82. The summed E-state index contributed by atoms with van der Waals surface area (Å²) in [7, 11) is 1.58. The van der Waals surface area contributed by atoms with Crippen LogP contribution in [0, 0.1) is 0 Å². The van der Waals surface area contributed by atoms with Crippen molar-refractivity contribution in [2.45, 2.75) is 6.42 Å². The standard InChI is InChI=1S/C6H13NO3/c1-7-6(9)2-4-10-5-3-8/h8H,2-5H2,1H3,(H,7,9). The molecule has 0 atom stereocenters. The number of rotatable bonds is 5. The molecule has 0 spiro atoms. The number of amides is 1. The Balaban J connectivity index is 2.96. The van der Waals surface area contributed by atoms with Gasteiger partial charge in [-0.25, -0.2) is 0 Å². The molecule has 0 radical (unpaired) electrons. The van der Waals surface area contributed by atoms with Crippen LogP contribution in [0.3, 0.4) is 0 Å². The van der Waals surface area contributed by atoms with Crippen molar-refractivity contribution in [3.05, 3.63) is 0 Å². The molecule has 0 fully saturated rings. The van der Waals surface area contributed by atoms with E-state index in [2.05, 4.69) is 5.32 Å². The molecular formula is C6H13NO3. The minimum Gasteiger partial charge on any atom is -0.394 e. The van der Waals surface area contributed by atoms with Gasteiger partial charge in [-0.15, -0.1) is 0 Å². The van der Waals surface area contributed by atoms with E-state index in [0.717, 1.165) is 0 Å². The maximum Gasteiger partial charge on any atom is 0.222 e. The molecule has 0 rings (SSSR count). The van der Waals surface area contributed by atoms with Crippen LogP contribution in [-0.4, -0.2) is 37.9 Å². The topological polar surface area (TPSA) is 58.6 Å². The van der Waals surface area contributed by atoms with Crippen molar-refractivity contribution in [2.75, 3.05) is 26.9 Å². The molecule has 2 N–H and O–H groups in total. The van der Waals surface area contributed by atoms with Gasteiger partial charge in [0.15, 0.2) is 0 Å². The van der Waals surface area contributed by atoms with E-state index in [1.54, 1.807) is 7.05 Å². The molecule has 0 aromatic rings. The molecule has 0 bridgehead atoms. The molecule has 0 aromatic heterocycles. The smallest absolute Gasteiger partial charge is 0.222 e. The predicted molar refractivity (Wildman–Crippen MR) is 36.6 cm³/mol. The predicted octanol–water partition coefficient (Wildman–Crippen LogP) is -0.869. The summed E-state index contributed by atoms with van der Waals surface area (Å²) in [5, 5.41) is 10.7. The van der Waals surface area contributed by atoms with Crippen LogP contribution in [0.25, 0.3) is 0 Å². The van der Waals surface area contributed by atoms with Crippen LogP contribution < -0.4 is 5.32 Å². The number of hydrogen-bond acceptors (Lipinski definition) is 3. The Morgan fingerprint density at radius 2 is 2.30 bits per heavy atom. The molecule has 0 aliphatic heterocycles. The molecule has 0 aromatic carbocycles. The Bertz CT molecular complexity index is 95.0. The highest BCUT2D eigenvalue weighted by molar-refractivity contribution is 5.75. The maximum absolute atomic E-state index is 10.5. The molecule has 0 aliphatic rings. The molecule has 0 heterocycles. The Morgan fingerprint density at radius 1 is 1.60 bits per heavy atom. The average molecular weight is 147 g/mol. The van der Waals surface area contributed by atoms with Gasteiger partial charge in [0.2, 0.25) is 5.91 Å². The van der Waals surface area contributed by atoms with Gasteiger partial charge in [-0.1, -0.05) is 0 Å². The monoisotopic (exact) mass is 147 g/mol. The Morgan fingerprint density at radius 3 is 2.80 bits per heavy atom. The quantitative estimate of drug-likeness (QED) is 0.497. The number of ether oxygens (including phenoxy) is 1. The summed E-state index contributed by atoms with van der Waals surface area (Å²) in [6.45, 7) is 0.685. The molecule has 4 nitrogen and oxygen atoms in total. The van der Waals surface area contributed by atoms with E-state index in [1.165, 1.54) is 0 Å². The zero-order valence-corrected chi connectivity index (χ0v) is 6.09. The molecule has 60 valence electrons. The summed E-state index contributed by atoms with van der Waals surface area (Å²) in [5.74, 6) is -0.0436. The number of hydrogen-bond donors (Lipinski definition) is 2. The SMILES string of the molecule is CNC(=O)CCOCCO. The van der Waals surface area contributed by atoms with Crippen molar-refractivity contribution >= 4 is 5.91 Å². The third kappa shape index (κ3) is 5.53. The van der Waals surface area contributed by atoms with Gasteiger partial charge in [0.05, 0.1) is 19.8 Å². The number of carbonyl (C=O) groups excluding carboxylic acids is 1. The highest BCUT2D eigenvalue weighted by Crippen LogP contribution is 1.80. The maximum atomic E-state index is 10.5. The van der Waals surface area contributed by atoms with E-state index in [9.17, 15) is 4.79 Å². The number of aliphatic hydroxyl groups excluding tert-OH is 1. The van der Waals surface area contributed by atoms with Gasteiger partial charge in [-0.2, -0.15) is 0 Å². The molecule has 1 amide bonds. The molecule has 0 saturated heterocycles. The molecule has 10 heavy (non-hydrogen) atoms. The summed E-state index contributed by atoms with van der Waals surface area (Å²) in [5.41, 5.74) is 0. The highest BCUT2D eigenvalue weighted by atomic mass is 16.5. The van der Waals surface area contributed by atoms with E-state index >= 15 is 0 Å². The first-order valence-electron chi connectivity index (χ1n) is 3.20. The van der Waals surface area contributed by atoms with E-state index in [4.69, 9.17) is 9.84 Å². The lowest BCUT2D eigenvalue weighted by Crippen LogP contribution is -2.19. The number of aliphatic hydroxyl groups is 1. The van der Waals surface area contributed by atoms with Crippen LogP contribution >= 0.6 is 0 Å². The van der Waals surface area contributed by atoms with Gasteiger partial charge < -0.3 is 15.2 Å². The summed E-state index contributed by atoms with van der Waals surface area (Å²) in [6, 6.07) is 0. The average Bonchev–Trinajstić information content (AvgIpc) is 1.98. The molecule has 0 saturated carbocycles. The first-order valence-corrected chi connectivity index (χ1v) is 3.20. The van der Waals surface area contributed by atoms with E-state index < -0.39 is 0 Å². The summed E-state index contributed by atoms with van der Waals surface area (Å²) < 4.78 is 4.84. The first-order chi connectivity index (χ1) is 4.81. The second-order valence-electron chi connectivity index (χ2n) is 1.76. The minimum absolute atomic E-state index is 0.00768. The first kappa shape index (κ1) is 9.39. The van der Waals surface area contributed by atoms with Gasteiger partial charge in [0, 0.05) is 13.5 Å². The molecule has 0 aliphatic carbocycles. The van der Waals surface area contributed by atoms with E-state index in [0.29, 0.717) is 19.6 Å². The number of carbonyl (C=O) groups is 1. The summed E-state index contributed by atoms with van der Waals surface area (Å²) in [4.78, 5) is 10.5. The largest absolute Gasteiger partial charge is 0.394 e. The summed E-state index contributed by atoms with van der Waals surface area (Å²) >= 11 is 0. The molecule has 4 heteroatoms. The molecule has 0 unspecified atom stereocenters. The second-order valence-corrected chi connectivity index (χ2v) is 1.76. The van der Waals surface area contributed by atoms with Gasteiger partial charge in [0.1, 0.15) is 0 Å². The zero-order valence-electron chi connectivity index (χ0n) is 6.09. The highest BCUT2D eigenvalue weighted by Gasteiger charge is 1.95. The van der Waals surface area contributed by atoms with Crippen molar-refractivity contribution in [1.29, 1.82) is 0 Å². The van der Waals surface area contributed by atoms with Gasteiger partial charge >= 0.3 is 0 Å². The van der Waals surface area contributed by atoms with Gasteiger partial charge in [-0.3, -0.25) is 4.79 Å². The number of nitrogens with one attached hydrogen (secondary N) is 1. The van der Waals surface area contributed by atoms with Crippen LogP contribution in [-0.2, 0) is 9.53 Å². The van der Waals surface area contributed by atoms with Crippen LogP contribution in [0.5, 0.6) is 0 Å². The lowest BCUT2D eigenvalue weighted by molar-refractivity contribution is -0.121. The van der Waals surface area contributed by atoms with Gasteiger partial charge in [-0.05, 0) is 0 Å². The van der Waals surface area contributed by atoms with Crippen LogP contribution in [0.2, 0.25) is 0 Å². The fourth-order valence-electron chi connectivity index (χ4n) is 0.456. The molecular weight excluding hydrogens is 134 g/mol. The van der Waals surface area contributed by atoms with Gasteiger partial charge in [0.25, 0.3) is 0 Å². The lowest BCUT2D eigenvalue weighted by Gasteiger charge is -1.99. The Hall–Kier alpha value is -0.610. The van der Waals surface area contributed by atoms with Crippen molar-refractivity contribution < 1.29 is 14.6 Å².